The summed E-state index contributed by atoms with van der Waals surface area (Å²) in [4.78, 5) is 0. The maximum atomic E-state index is 5.04. The van der Waals surface area contributed by atoms with Crippen molar-refractivity contribution in [1.29, 1.82) is 0 Å². The largest absolute Gasteiger partial charge is 0.385 e. The molecule has 0 amide bonds. The Morgan fingerprint density at radius 2 is 2.08 bits per heavy atom. The number of methoxy groups -OCH3 is 1. The maximum absolute atomic E-state index is 5.04. The lowest BCUT2D eigenvalue weighted by molar-refractivity contribution is 0.189. The van der Waals surface area contributed by atoms with Gasteiger partial charge in [-0.05, 0) is 37.6 Å². The van der Waals surface area contributed by atoms with Crippen LogP contribution in [0, 0.1) is 5.41 Å². The van der Waals surface area contributed by atoms with Crippen LogP contribution in [0.25, 0.3) is 0 Å². The molecule has 1 rings (SSSR count). The number of rotatable bonds is 8. The van der Waals surface area contributed by atoms with Crippen LogP contribution >= 0.6 is 0 Å². The predicted octanol–water partition coefficient (Wildman–Crippen LogP) is 2.19. The average Bonchev–Trinajstić information content (AvgIpc) is 2.91. The molecule has 0 aromatic carbocycles. The third kappa shape index (κ3) is 4.10. The zero-order valence-corrected chi connectivity index (χ0v) is 9.07. The maximum Gasteiger partial charge on any atom is 0.0462 e. The standard InChI is InChI=1S/C11H23NO/c1-3-12-10-11(7-8-11)6-4-5-9-13-2/h12H,3-10H2,1-2H3. The molecule has 1 fully saturated rings. The average molecular weight is 185 g/mol. The molecule has 1 N–H and O–H groups in total. The van der Waals surface area contributed by atoms with Crippen LogP contribution in [0.4, 0.5) is 0 Å². The van der Waals surface area contributed by atoms with E-state index in [1.54, 1.807) is 7.11 Å². The van der Waals surface area contributed by atoms with Crippen molar-refractivity contribution in [2.45, 2.75) is 39.0 Å². The molecule has 0 radical (unpaired) electrons. The summed E-state index contributed by atoms with van der Waals surface area (Å²) in [5.74, 6) is 0. The molecule has 0 aliphatic heterocycles. The third-order valence-electron chi connectivity index (χ3n) is 3.01. The summed E-state index contributed by atoms with van der Waals surface area (Å²) in [5, 5.41) is 3.46. The predicted molar refractivity (Wildman–Crippen MR) is 55.9 cm³/mol. The number of ether oxygens (including phenoxy) is 1. The van der Waals surface area contributed by atoms with Gasteiger partial charge in [-0.15, -0.1) is 0 Å². The van der Waals surface area contributed by atoms with Gasteiger partial charge in [-0.25, -0.2) is 0 Å². The van der Waals surface area contributed by atoms with Gasteiger partial charge in [0.1, 0.15) is 0 Å². The minimum Gasteiger partial charge on any atom is -0.385 e. The van der Waals surface area contributed by atoms with Crippen molar-refractivity contribution in [1.82, 2.24) is 5.32 Å². The van der Waals surface area contributed by atoms with Gasteiger partial charge in [0.15, 0.2) is 0 Å². The summed E-state index contributed by atoms with van der Waals surface area (Å²) < 4.78 is 5.04. The topological polar surface area (TPSA) is 21.3 Å². The Morgan fingerprint density at radius 1 is 1.31 bits per heavy atom. The lowest BCUT2D eigenvalue weighted by atomic mass is 9.99. The number of nitrogens with one attached hydrogen (secondary N) is 1. The SMILES string of the molecule is CCNCC1(CCCCOC)CC1. The minimum atomic E-state index is 0.684. The molecule has 0 saturated heterocycles. The Morgan fingerprint density at radius 3 is 2.62 bits per heavy atom. The summed E-state index contributed by atoms with van der Waals surface area (Å²) in [6, 6.07) is 0. The molecule has 0 heterocycles. The normalized spacial score (nSPS) is 18.9. The van der Waals surface area contributed by atoms with Crippen LogP contribution in [0.2, 0.25) is 0 Å². The van der Waals surface area contributed by atoms with Gasteiger partial charge < -0.3 is 10.1 Å². The van der Waals surface area contributed by atoms with E-state index in [4.69, 9.17) is 4.74 Å². The molecule has 1 saturated carbocycles. The number of hydrogen-bond acceptors (Lipinski definition) is 2. The van der Waals surface area contributed by atoms with Crippen LogP contribution in [0.1, 0.15) is 39.0 Å². The van der Waals surface area contributed by atoms with Crippen LogP contribution < -0.4 is 5.32 Å². The Labute approximate surface area is 82.0 Å². The molecule has 1 aliphatic rings. The van der Waals surface area contributed by atoms with Crippen molar-refractivity contribution in [3.8, 4) is 0 Å². The molecule has 0 aromatic heterocycles. The lowest BCUT2D eigenvalue weighted by Gasteiger charge is -2.14. The van der Waals surface area contributed by atoms with E-state index in [1.807, 2.05) is 0 Å². The molecule has 0 spiro atoms. The van der Waals surface area contributed by atoms with E-state index in [9.17, 15) is 0 Å². The fourth-order valence-corrected chi connectivity index (χ4v) is 1.83. The quantitative estimate of drug-likeness (QED) is 0.585. The smallest absolute Gasteiger partial charge is 0.0462 e. The fourth-order valence-electron chi connectivity index (χ4n) is 1.83. The summed E-state index contributed by atoms with van der Waals surface area (Å²) in [5.41, 5.74) is 0.684. The van der Waals surface area contributed by atoms with E-state index in [0.29, 0.717) is 5.41 Å². The van der Waals surface area contributed by atoms with Crippen molar-refractivity contribution in [2.24, 2.45) is 5.41 Å². The Bertz CT molecular complexity index is 132. The van der Waals surface area contributed by atoms with Crippen molar-refractivity contribution >= 4 is 0 Å². The van der Waals surface area contributed by atoms with E-state index in [-0.39, 0.29) is 0 Å². The molecule has 0 atom stereocenters. The lowest BCUT2D eigenvalue weighted by Crippen LogP contribution is -2.23. The van der Waals surface area contributed by atoms with Gasteiger partial charge in [0.05, 0.1) is 0 Å². The molecule has 2 heteroatoms. The van der Waals surface area contributed by atoms with Crippen molar-refractivity contribution in [3.05, 3.63) is 0 Å². The summed E-state index contributed by atoms with van der Waals surface area (Å²) >= 11 is 0. The first-order valence-corrected chi connectivity index (χ1v) is 5.53. The summed E-state index contributed by atoms with van der Waals surface area (Å²) in [6.07, 6.45) is 6.83. The van der Waals surface area contributed by atoms with Crippen LogP contribution in [0.5, 0.6) is 0 Å². The highest BCUT2D eigenvalue weighted by Gasteiger charge is 2.40. The molecule has 2 nitrogen and oxygen atoms in total. The highest BCUT2D eigenvalue weighted by atomic mass is 16.5. The van der Waals surface area contributed by atoms with Gasteiger partial charge in [-0.3, -0.25) is 0 Å². The second kappa shape index (κ2) is 5.61. The van der Waals surface area contributed by atoms with Crippen molar-refractivity contribution < 1.29 is 4.74 Å². The second-order valence-corrected chi connectivity index (χ2v) is 4.23. The Hall–Kier alpha value is -0.0800. The molecule has 0 bridgehead atoms. The molecule has 1 aliphatic carbocycles. The summed E-state index contributed by atoms with van der Waals surface area (Å²) in [7, 11) is 1.78. The van der Waals surface area contributed by atoms with E-state index < -0.39 is 0 Å². The molecule has 78 valence electrons. The number of hydrogen-bond donors (Lipinski definition) is 1. The first kappa shape index (κ1) is 11.0. The van der Waals surface area contributed by atoms with Gasteiger partial charge in [0.2, 0.25) is 0 Å². The van der Waals surface area contributed by atoms with Gasteiger partial charge in [-0.1, -0.05) is 13.3 Å². The molecular formula is C11H23NO. The molecule has 0 unspecified atom stereocenters. The first-order valence-electron chi connectivity index (χ1n) is 5.53. The molecular weight excluding hydrogens is 162 g/mol. The van der Waals surface area contributed by atoms with Gasteiger partial charge in [0, 0.05) is 20.3 Å². The van der Waals surface area contributed by atoms with Gasteiger partial charge >= 0.3 is 0 Å². The van der Waals surface area contributed by atoms with E-state index in [0.717, 1.165) is 13.2 Å². The monoisotopic (exact) mass is 185 g/mol. The fraction of sp³-hybridized carbons (Fsp3) is 1.00. The second-order valence-electron chi connectivity index (χ2n) is 4.23. The Kier molecular flexibility index (Phi) is 4.74. The van der Waals surface area contributed by atoms with E-state index in [2.05, 4.69) is 12.2 Å². The molecule has 13 heavy (non-hydrogen) atoms. The highest BCUT2D eigenvalue weighted by Crippen LogP contribution is 2.49. The number of unbranched alkanes of at least 4 members (excludes halogenated alkanes) is 1. The van der Waals surface area contributed by atoms with Crippen LogP contribution in [0.3, 0.4) is 0 Å². The zero-order valence-electron chi connectivity index (χ0n) is 9.07. The van der Waals surface area contributed by atoms with Crippen molar-refractivity contribution in [2.75, 3.05) is 26.8 Å². The van der Waals surface area contributed by atoms with Crippen molar-refractivity contribution in [3.63, 3.8) is 0 Å². The Balaban J connectivity index is 1.99. The highest BCUT2D eigenvalue weighted by molar-refractivity contribution is 4.94. The van der Waals surface area contributed by atoms with Crippen LogP contribution in [-0.4, -0.2) is 26.8 Å². The van der Waals surface area contributed by atoms with Gasteiger partial charge in [0.25, 0.3) is 0 Å². The van der Waals surface area contributed by atoms with Gasteiger partial charge in [-0.2, -0.15) is 0 Å². The van der Waals surface area contributed by atoms with Crippen LogP contribution in [0.15, 0.2) is 0 Å². The van der Waals surface area contributed by atoms with E-state index in [1.165, 1.54) is 38.6 Å². The minimum absolute atomic E-state index is 0.684. The first-order chi connectivity index (χ1) is 6.33. The molecule has 0 aromatic rings. The zero-order chi connectivity index (χ0) is 9.57. The van der Waals surface area contributed by atoms with Crippen LogP contribution in [-0.2, 0) is 4.74 Å². The van der Waals surface area contributed by atoms with E-state index >= 15 is 0 Å². The summed E-state index contributed by atoms with van der Waals surface area (Å²) in [6.45, 7) is 5.45. The third-order valence-corrected chi connectivity index (χ3v) is 3.01.